The first-order chi connectivity index (χ1) is 13.5. The number of ether oxygens (including phenoxy) is 3. The lowest BCUT2D eigenvalue weighted by molar-refractivity contribution is 0.0996. The van der Waals surface area contributed by atoms with E-state index in [0.29, 0.717) is 35.0 Å². The van der Waals surface area contributed by atoms with Gasteiger partial charge in [0, 0.05) is 31.4 Å². The summed E-state index contributed by atoms with van der Waals surface area (Å²) in [5.74, 6) is 1.02. The van der Waals surface area contributed by atoms with Gasteiger partial charge in [0.05, 0.1) is 31.0 Å². The molecule has 0 saturated carbocycles. The quantitative estimate of drug-likeness (QED) is 0.633. The molecule has 2 aromatic carbocycles. The summed E-state index contributed by atoms with van der Waals surface area (Å²) in [6.45, 7) is 4.96. The van der Waals surface area contributed by atoms with Crippen LogP contribution < -0.4 is 14.3 Å². The fourth-order valence-electron chi connectivity index (χ4n) is 2.99. The SMILES string of the molecule is COCCn1c(=NC(=O)c2cc(C)ccc2C)sc2cc(OC)c(OC)cc21. The molecule has 0 N–H and O–H groups in total. The van der Waals surface area contributed by atoms with E-state index in [0.717, 1.165) is 21.3 Å². The van der Waals surface area contributed by atoms with Crippen LogP contribution in [-0.2, 0) is 11.3 Å². The van der Waals surface area contributed by atoms with Gasteiger partial charge in [-0.15, -0.1) is 0 Å². The molecule has 0 unspecified atom stereocenters. The highest BCUT2D eigenvalue weighted by Gasteiger charge is 2.14. The first-order valence-corrected chi connectivity index (χ1v) is 9.70. The number of methoxy groups -OCH3 is 3. The number of benzene rings is 2. The number of hydrogen-bond acceptors (Lipinski definition) is 5. The van der Waals surface area contributed by atoms with Crippen LogP contribution in [0.5, 0.6) is 11.5 Å². The maximum Gasteiger partial charge on any atom is 0.279 e. The minimum Gasteiger partial charge on any atom is -0.493 e. The second kappa shape index (κ2) is 8.58. The van der Waals surface area contributed by atoms with E-state index in [2.05, 4.69) is 4.99 Å². The van der Waals surface area contributed by atoms with E-state index in [1.165, 1.54) is 11.3 Å². The Bertz CT molecular complexity index is 1080. The molecule has 0 bridgehead atoms. The van der Waals surface area contributed by atoms with Crippen molar-refractivity contribution < 1.29 is 19.0 Å². The number of aryl methyl sites for hydroxylation is 2. The lowest BCUT2D eigenvalue weighted by atomic mass is 10.1. The number of thiazole rings is 1. The van der Waals surface area contributed by atoms with Gasteiger partial charge in [-0.1, -0.05) is 29.0 Å². The molecule has 1 heterocycles. The molecule has 0 aliphatic carbocycles. The Hall–Kier alpha value is -2.64. The van der Waals surface area contributed by atoms with Crippen molar-refractivity contribution in [3.05, 3.63) is 51.8 Å². The van der Waals surface area contributed by atoms with Crippen molar-refractivity contribution in [2.75, 3.05) is 27.9 Å². The molecule has 1 aromatic heterocycles. The van der Waals surface area contributed by atoms with Crippen molar-refractivity contribution in [3.63, 3.8) is 0 Å². The Morgan fingerprint density at radius 2 is 1.79 bits per heavy atom. The lowest BCUT2D eigenvalue weighted by Crippen LogP contribution is -2.19. The van der Waals surface area contributed by atoms with E-state index in [4.69, 9.17) is 14.2 Å². The number of rotatable bonds is 6. The van der Waals surface area contributed by atoms with Gasteiger partial charge in [-0.05, 0) is 25.5 Å². The molecule has 3 aromatic rings. The Labute approximate surface area is 168 Å². The maximum absolute atomic E-state index is 12.9. The summed E-state index contributed by atoms with van der Waals surface area (Å²) >= 11 is 1.44. The van der Waals surface area contributed by atoms with E-state index in [1.54, 1.807) is 21.3 Å². The highest BCUT2D eigenvalue weighted by atomic mass is 32.1. The van der Waals surface area contributed by atoms with Crippen molar-refractivity contribution in [1.29, 1.82) is 0 Å². The van der Waals surface area contributed by atoms with Gasteiger partial charge in [0.25, 0.3) is 5.91 Å². The van der Waals surface area contributed by atoms with Gasteiger partial charge in [-0.25, -0.2) is 0 Å². The standard InChI is InChI=1S/C21H24N2O4S/c1-13-6-7-14(2)15(10-13)20(24)22-21-23(8-9-25-3)16-11-17(26-4)18(27-5)12-19(16)28-21/h6-7,10-12H,8-9H2,1-5H3. The molecule has 0 saturated heterocycles. The van der Waals surface area contributed by atoms with Crippen LogP contribution in [0.2, 0.25) is 0 Å². The number of amides is 1. The second-order valence-electron chi connectivity index (χ2n) is 6.44. The first-order valence-electron chi connectivity index (χ1n) is 8.89. The largest absolute Gasteiger partial charge is 0.493 e. The maximum atomic E-state index is 12.9. The van der Waals surface area contributed by atoms with Gasteiger partial charge in [-0.2, -0.15) is 4.99 Å². The summed E-state index contributed by atoms with van der Waals surface area (Å²) < 4.78 is 19.0. The predicted molar refractivity (Wildman–Crippen MR) is 111 cm³/mol. The molecule has 28 heavy (non-hydrogen) atoms. The van der Waals surface area contributed by atoms with E-state index in [9.17, 15) is 4.79 Å². The second-order valence-corrected chi connectivity index (χ2v) is 7.45. The van der Waals surface area contributed by atoms with Crippen molar-refractivity contribution >= 4 is 27.5 Å². The van der Waals surface area contributed by atoms with Crippen molar-refractivity contribution in [3.8, 4) is 11.5 Å². The van der Waals surface area contributed by atoms with Gasteiger partial charge in [0.1, 0.15) is 0 Å². The highest BCUT2D eigenvalue weighted by molar-refractivity contribution is 7.16. The molecule has 0 aliphatic rings. The van der Waals surface area contributed by atoms with Crippen LogP contribution in [0.15, 0.2) is 35.3 Å². The molecular formula is C21H24N2O4S. The highest BCUT2D eigenvalue weighted by Crippen LogP contribution is 2.33. The number of carbonyl (C=O) groups excluding carboxylic acids is 1. The Morgan fingerprint density at radius 1 is 1.07 bits per heavy atom. The number of nitrogens with zero attached hydrogens (tertiary/aromatic N) is 2. The smallest absolute Gasteiger partial charge is 0.279 e. The van der Waals surface area contributed by atoms with Gasteiger partial charge in [0.2, 0.25) is 0 Å². The Balaban J connectivity index is 2.19. The number of aromatic nitrogens is 1. The summed E-state index contributed by atoms with van der Waals surface area (Å²) in [7, 11) is 4.85. The van der Waals surface area contributed by atoms with Crippen molar-refractivity contribution in [2.24, 2.45) is 4.99 Å². The van der Waals surface area contributed by atoms with Crippen LogP contribution in [0.1, 0.15) is 21.5 Å². The van der Waals surface area contributed by atoms with Crippen LogP contribution in [0.4, 0.5) is 0 Å². The van der Waals surface area contributed by atoms with E-state index in [1.807, 2.05) is 48.7 Å². The molecule has 6 nitrogen and oxygen atoms in total. The van der Waals surface area contributed by atoms with Crippen LogP contribution in [0.25, 0.3) is 10.2 Å². The molecule has 3 rings (SSSR count). The summed E-state index contributed by atoms with van der Waals surface area (Å²) in [5.41, 5.74) is 3.48. The van der Waals surface area contributed by atoms with Gasteiger partial charge < -0.3 is 18.8 Å². The lowest BCUT2D eigenvalue weighted by Gasteiger charge is -2.09. The third kappa shape index (κ3) is 3.95. The van der Waals surface area contributed by atoms with Crippen LogP contribution >= 0.6 is 11.3 Å². The number of carbonyl (C=O) groups is 1. The molecule has 1 amide bonds. The average Bonchev–Trinajstić information content (AvgIpc) is 3.02. The molecule has 0 radical (unpaired) electrons. The first kappa shape index (κ1) is 20.1. The fourth-order valence-corrected chi connectivity index (χ4v) is 4.06. The van der Waals surface area contributed by atoms with E-state index in [-0.39, 0.29) is 5.91 Å². The molecule has 148 valence electrons. The van der Waals surface area contributed by atoms with Crippen molar-refractivity contribution in [1.82, 2.24) is 4.57 Å². The van der Waals surface area contributed by atoms with Crippen LogP contribution in [0, 0.1) is 13.8 Å². The normalized spacial score (nSPS) is 11.8. The minimum atomic E-state index is -0.252. The van der Waals surface area contributed by atoms with E-state index < -0.39 is 0 Å². The van der Waals surface area contributed by atoms with Gasteiger partial charge in [0.15, 0.2) is 16.3 Å². The number of fused-ring (bicyclic) bond motifs is 1. The zero-order valence-electron chi connectivity index (χ0n) is 16.7. The van der Waals surface area contributed by atoms with E-state index >= 15 is 0 Å². The molecule has 7 heteroatoms. The third-order valence-corrected chi connectivity index (χ3v) is 5.57. The summed E-state index contributed by atoms with van der Waals surface area (Å²) in [6, 6.07) is 9.62. The zero-order valence-corrected chi connectivity index (χ0v) is 17.6. The monoisotopic (exact) mass is 400 g/mol. The van der Waals surface area contributed by atoms with Crippen molar-refractivity contribution in [2.45, 2.75) is 20.4 Å². The predicted octanol–water partition coefficient (Wildman–Crippen LogP) is 3.72. The molecular weight excluding hydrogens is 376 g/mol. The average molecular weight is 401 g/mol. The number of hydrogen-bond donors (Lipinski definition) is 0. The van der Waals surface area contributed by atoms with Crippen LogP contribution in [0.3, 0.4) is 0 Å². The summed E-state index contributed by atoms with van der Waals surface area (Å²) in [6.07, 6.45) is 0. The Kier molecular flexibility index (Phi) is 6.16. The molecule has 0 atom stereocenters. The molecule has 0 fully saturated rings. The topological polar surface area (TPSA) is 62.1 Å². The van der Waals surface area contributed by atoms with Gasteiger partial charge >= 0.3 is 0 Å². The fraction of sp³-hybridized carbons (Fsp3) is 0.333. The van der Waals surface area contributed by atoms with Gasteiger partial charge in [-0.3, -0.25) is 4.79 Å². The molecule has 0 aliphatic heterocycles. The van der Waals surface area contributed by atoms with Crippen LogP contribution in [-0.4, -0.2) is 38.4 Å². The zero-order chi connectivity index (χ0) is 20.3. The molecule has 0 spiro atoms. The summed E-state index contributed by atoms with van der Waals surface area (Å²) in [5, 5.41) is 0. The third-order valence-electron chi connectivity index (χ3n) is 4.53. The summed E-state index contributed by atoms with van der Waals surface area (Å²) in [4.78, 5) is 17.9. The Morgan fingerprint density at radius 3 is 2.46 bits per heavy atom. The minimum absolute atomic E-state index is 0.252.